The maximum atomic E-state index is 5.19. The van der Waals surface area contributed by atoms with Crippen molar-refractivity contribution in [2.75, 3.05) is 0 Å². The van der Waals surface area contributed by atoms with Gasteiger partial charge in [-0.05, 0) is 79.3 Å². The highest BCUT2D eigenvalue weighted by molar-refractivity contribution is 6.28. The first-order chi connectivity index (χ1) is 28.5. The summed E-state index contributed by atoms with van der Waals surface area (Å²) in [6.07, 6.45) is 1.91. The Labute approximate surface area is 335 Å². The molecule has 8 aromatic carbocycles. The van der Waals surface area contributed by atoms with Crippen molar-refractivity contribution in [3.63, 3.8) is 0 Å². The third-order valence-electron chi connectivity index (χ3n) is 12.4. The van der Waals surface area contributed by atoms with Gasteiger partial charge in [-0.15, -0.1) is 0 Å². The second-order valence-corrected chi connectivity index (χ2v) is 16.0. The molecule has 0 fully saturated rings. The van der Waals surface area contributed by atoms with Gasteiger partial charge in [0.05, 0.1) is 16.9 Å². The maximum absolute atomic E-state index is 5.19. The number of aromatic nitrogens is 4. The van der Waals surface area contributed by atoms with Gasteiger partial charge in [0.1, 0.15) is 5.65 Å². The van der Waals surface area contributed by atoms with Gasteiger partial charge in [-0.25, -0.2) is 15.0 Å². The minimum absolute atomic E-state index is 0.264. The molecule has 11 aromatic rings. The Hall–Kier alpha value is -7.43. The van der Waals surface area contributed by atoms with Crippen molar-refractivity contribution in [3.05, 3.63) is 193 Å². The zero-order chi connectivity index (χ0) is 38.5. The number of pyridine rings is 1. The number of hydrogen-bond donors (Lipinski definition) is 0. The molecule has 0 saturated carbocycles. The molecule has 0 bridgehead atoms. The molecule has 4 heteroatoms. The fourth-order valence-electron chi connectivity index (χ4n) is 9.84. The molecule has 58 heavy (non-hydrogen) atoms. The summed E-state index contributed by atoms with van der Waals surface area (Å²) in [6, 6.07) is 63.0. The lowest BCUT2D eigenvalue weighted by Gasteiger charge is -2.24. The van der Waals surface area contributed by atoms with Crippen LogP contribution in [0.25, 0.3) is 105 Å². The quantitative estimate of drug-likeness (QED) is 0.169. The molecule has 3 aromatic heterocycles. The summed E-state index contributed by atoms with van der Waals surface area (Å²) in [5, 5.41) is 10.1. The summed E-state index contributed by atoms with van der Waals surface area (Å²) >= 11 is 0. The van der Waals surface area contributed by atoms with Crippen LogP contribution in [0.4, 0.5) is 0 Å². The summed E-state index contributed by atoms with van der Waals surface area (Å²) in [6.45, 7) is 4.81. The van der Waals surface area contributed by atoms with Crippen LogP contribution in [0.5, 0.6) is 0 Å². The number of benzene rings is 8. The molecule has 0 radical (unpaired) electrons. The van der Waals surface area contributed by atoms with E-state index >= 15 is 0 Å². The van der Waals surface area contributed by atoms with Crippen molar-refractivity contribution in [1.82, 2.24) is 19.5 Å². The molecule has 0 aliphatic heterocycles. The predicted octanol–water partition coefficient (Wildman–Crippen LogP) is 13.7. The Morgan fingerprint density at radius 2 is 1.03 bits per heavy atom. The third-order valence-corrected chi connectivity index (χ3v) is 12.4. The van der Waals surface area contributed by atoms with Crippen LogP contribution in [0.1, 0.15) is 25.0 Å². The Balaban J connectivity index is 1.14. The van der Waals surface area contributed by atoms with E-state index < -0.39 is 0 Å². The minimum atomic E-state index is -0.264. The van der Waals surface area contributed by atoms with Gasteiger partial charge in [0.2, 0.25) is 0 Å². The van der Waals surface area contributed by atoms with Gasteiger partial charge in [0, 0.05) is 50.3 Å². The van der Waals surface area contributed by atoms with Crippen LogP contribution in [0.3, 0.4) is 0 Å². The number of hydrogen-bond acceptors (Lipinski definition) is 3. The van der Waals surface area contributed by atoms with Gasteiger partial charge >= 0.3 is 0 Å². The Kier molecular flexibility index (Phi) is 6.94. The van der Waals surface area contributed by atoms with Crippen molar-refractivity contribution in [3.8, 4) is 50.7 Å². The Morgan fingerprint density at radius 1 is 0.466 bits per heavy atom. The topological polar surface area (TPSA) is 43.6 Å². The van der Waals surface area contributed by atoms with Crippen molar-refractivity contribution in [2.24, 2.45) is 0 Å². The molecule has 3 heterocycles. The normalized spacial score (nSPS) is 13.1. The zero-order valence-electron chi connectivity index (χ0n) is 32.1. The van der Waals surface area contributed by atoms with Gasteiger partial charge in [-0.1, -0.05) is 159 Å². The highest BCUT2D eigenvalue weighted by atomic mass is 15.0. The second kappa shape index (κ2) is 12.3. The van der Waals surface area contributed by atoms with Crippen LogP contribution < -0.4 is 0 Å². The molecular formula is C54H36N4. The zero-order valence-corrected chi connectivity index (χ0v) is 32.1. The Morgan fingerprint density at radius 3 is 1.72 bits per heavy atom. The lowest BCUT2D eigenvalue weighted by Crippen LogP contribution is -2.15. The van der Waals surface area contributed by atoms with Crippen molar-refractivity contribution in [1.29, 1.82) is 0 Å². The van der Waals surface area contributed by atoms with Crippen LogP contribution in [-0.2, 0) is 5.41 Å². The molecule has 1 aliphatic rings. The number of nitrogens with zero attached hydrogens (tertiary/aromatic N) is 4. The van der Waals surface area contributed by atoms with Gasteiger partial charge in [0.15, 0.2) is 5.82 Å². The SMILES string of the molecule is CC1(C)c2ccc3c4cccnc4n(-c4cccc(-c5nc(-c6ccccc6)cc(-c6ccccc6)n5)c4)c3c2-c2ccc3c4ccccc4c4ccccc4c3c21. The summed E-state index contributed by atoms with van der Waals surface area (Å²) in [5.41, 5.74) is 12.9. The van der Waals surface area contributed by atoms with Crippen LogP contribution in [0.15, 0.2) is 182 Å². The number of fused-ring (bicyclic) bond motifs is 14. The first-order valence-electron chi connectivity index (χ1n) is 19.9. The first kappa shape index (κ1) is 32.8. The van der Waals surface area contributed by atoms with Crippen LogP contribution in [0.2, 0.25) is 0 Å². The smallest absolute Gasteiger partial charge is 0.160 e. The molecule has 0 N–H and O–H groups in total. The fourth-order valence-corrected chi connectivity index (χ4v) is 9.84. The molecule has 0 saturated heterocycles. The van der Waals surface area contributed by atoms with Crippen molar-refractivity contribution < 1.29 is 0 Å². The van der Waals surface area contributed by atoms with E-state index in [2.05, 4.69) is 176 Å². The standard InChI is InChI=1S/C54H36N4/c1-54(2)45-29-28-42-43-25-14-30-55-53(43)58(51(42)49(45)44-27-26-41-39-23-10-9-21-37(39)38-22-11-12-24-40(38)48(41)50(44)54)36-20-13-19-35(31-36)52-56-46(33-15-5-3-6-16-33)32-47(57-52)34-17-7-4-8-18-34/h3-32H,1-2H3. The van der Waals surface area contributed by atoms with Crippen LogP contribution in [0, 0.1) is 0 Å². The van der Waals surface area contributed by atoms with E-state index in [-0.39, 0.29) is 5.41 Å². The molecule has 0 unspecified atom stereocenters. The molecule has 0 spiro atoms. The molecule has 0 amide bonds. The molecule has 4 nitrogen and oxygen atoms in total. The van der Waals surface area contributed by atoms with Crippen LogP contribution >= 0.6 is 0 Å². The van der Waals surface area contributed by atoms with Crippen LogP contribution in [-0.4, -0.2) is 19.5 Å². The van der Waals surface area contributed by atoms with Crippen molar-refractivity contribution >= 4 is 54.3 Å². The lowest BCUT2D eigenvalue weighted by atomic mass is 9.78. The second-order valence-electron chi connectivity index (χ2n) is 16.0. The first-order valence-corrected chi connectivity index (χ1v) is 19.9. The van der Waals surface area contributed by atoms with Crippen molar-refractivity contribution in [2.45, 2.75) is 19.3 Å². The summed E-state index contributed by atoms with van der Waals surface area (Å²) in [5.74, 6) is 0.679. The minimum Gasteiger partial charge on any atom is -0.293 e. The van der Waals surface area contributed by atoms with E-state index in [4.69, 9.17) is 15.0 Å². The van der Waals surface area contributed by atoms with E-state index in [1.165, 1.54) is 65.5 Å². The molecule has 272 valence electrons. The van der Waals surface area contributed by atoms with E-state index in [0.29, 0.717) is 5.82 Å². The third kappa shape index (κ3) is 4.66. The maximum Gasteiger partial charge on any atom is 0.160 e. The lowest BCUT2D eigenvalue weighted by molar-refractivity contribution is 0.667. The molecule has 12 rings (SSSR count). The van der Waals surface area contributed by atoms with E-state index in [0.717, 1.165) is 44.8 Å². The average molecular weight is 741 g/mol. The van der Waals surface area contributed by atoms with Gasteiger partial charge in [-0.3, -0.25) is 4.57 Å². The molecule has 1 aliphatic carbocycles. The largest absolute Gasteiger partial charge is 0.293 e. The summed E-state index contributed by atoms with van der Waals surface area (Å²) in [7, 11) is 0. The fraction of sp³-hybridized carbons (Fsp3) is 0.0556. The average Bonchev–Trinajstić information content (AvgIpc) is 3.75. The highest BCUT2D eigenvalue weighted by Crippen LogP contribution is 2.56. The van der Waals surface area contributed by atoms with Gasteiger partial charge in [-0.2, -0.15) is 0 Å². The van der Waals surface area contributed by atoms with Gasteiger partial charge < -0.3 is 0 Å². The highest BCUT2D eigenvalue weighted by Gasteiger charge is 2.40. The van der Waals surface area contributed by atoms with E-state index in [1.807, 2.05) is 24.4 Å². The summed E-state index contributed by atoms with van der Waals surface area (Å²) in [4.78, 5) is 15.5. The summed E-state index contributed by atoms with van der Waals surface area (Å²) < 4.78 is 2.38. The number of rotatable bonds is 4. The molecule has 0 atom stereocenters. The molecular weight excluding hydrogens is 705 g/mol. The predicted molar refractivity (Wildman–Crippen MR) is 241 cm³/mol. The van der Waals surface area contributed by atoms with Gasteiger partial charge in [0.25, 0.3) is 0 Å². The van der Waals surface area contributed by atoms with E-state index in [9.17, 15) is 0 Å². The monoisotopic (exact) mass is 740 g/mol. The van der Waals surface area contributed by atoms with E-state index in [1.54, 1.807) is 0 Å². The Bertz CT molecular complexity index is 3380.